The predicted molar refractivity (Wildman–Crippen MR) is 82.6 cm³/mol. The summed E-state index contributed by atoms with van der Waals surface area (Å²) in [5, 5.41) is 2.53. The van der Waals surface area contributed by atoms with Crippen LogP contribution >= 0.6 is 0 Å². The molecule has 0 saturated carbocycles. The number of methoxy groups -OCH3 is 1. The topological polar surface area (TPSA) is 75.7 Å². The molecule has 6 nitrogen and oxygen atoms in total. The third-order valence-electron chi connectivity index (χ3n) is 2.92. The third-order valence-corrected chi connectivity index (χ3v) is 4.22. The molecule has 0 heterocycles. The van der Waals surface area contributed by atoms with Crippen LogP contribution in [0, 0.1) is 5.82 Å². The van der Waals surface area contributed by atoms with Crippen LogP contribution in [0.2, 0.25) is 0 Å². The molecule has 1 amide bonds. The van der Waals surface area contributed by atoms with Crippen LogP contribution in [0.15, 0.2) is 24.3 Å². The number of benzene rings is 1. The maximum atomic E-state index is 13.0. The summed E-state index contributed by atoms with van der Waals surface area (Å²) in [5.74, 6) is -0.818. The van der Waals surface area contributed by atoms with Crippen molar-refractivity contribution in [3.63, 3.8) is 0 Å². The first-order valence-corrected chi connectivity index (χ1v) is 8.67. The average molecular weight is 332 g/mol. The van der Waals surface area contributed by atoms with Crippen LogP contribution in [0.3, 0.4) is 0 Å². The van der Waals surface area contributed by atoms with Gasteiger partial charge in [-0.3, -0.25) is 4.79 Å². The Morgan fingerprint density at radius 2 is 2.09 bits per heavy atom. The summed E-state index contributed by atoms with van der Waals surface area (Å²) >= 11 is 0. The minimum absolute atomic E-state index is 0.00341. The average Bonchev–Trinajstić information content (AvgIpc) is 2.41. The van der Waals surface area contributed by atoms with Gasteiger partial charge in [0, 0.05) is 38.9 Å². The van der Waals surface area contributed by atoms with E-state index in [1.54, 1.807) is 6.07 Å². The summed E-state index contributed by atoms with van der Waals surface area (Å²) in [6.07, 6.45) is 1.65. The summed E-state index contributed by atoms with van der Waals surface area (Å²) in [5.41, 5.74) is 0.343. The second-order valence-electron chi connectivity index (χ2n) is 4.82. The number of hydrogen-bond donors (Lipinski definition) is 1. The van der Waals surface area contributed by atoms with Gasteiger partial charge in [-0.05, 0) is 24.6 Å². The smallest absolute Gasteiger partial charge is 0.225 e. The lowest BCUT2D eigenvalue weighted by Crippen LogP contribution is -2.34. The highest BCUT2D eigenvalue weighted by Crippen LogP contribution is 2.10. The second kappa shape index (κ2) is 8.82. The normalized spacial score (nSPS) is 11.6. The zero-order valence-corrected chi connectivity index (χ0v) is 13.5. The van der Waals surface area contributed by atoms with Gasteiger partial charge in [0.1, 0.15) is 5.82 Å². The van der Waals surface area contributed by atoms with E-state index in [0.29, 0.717) is 25.3 Å². The Morgan fingerprint density at radius 1 is 1.36 bits per heavy atom. The highest BCUT2D eigenvalue weighted by atomic mass is 32.2. The Hall–Kier alpha value is -1.51. The number of nitrogens with one attached hydrogen (secondary N) is 1. The van der Waals surface area contributed by atoms with E-state index < -0.39 is 15.8 Å². The van der Waals surface area contributed by atoms with Crippen LogP contribution in [0.1, 0.15) is 12.8 Å². The highest BCUT2D eigenvalue weighted by molar-refractivity contribution is 7.88. The second-order valence-corrected chi connectivity index (χ2v) is 6.80. The van der Waals surface area contributed by atoms with Crippen LogP contribution < -0.4 is 5.32 Å². The van der Waals surface area contributed by atoms with E-state index in [4.69, 9.17) is 4.74 Å². The highest BCUT2D eigenvalue weighted by Gasteiger charge is 2.17. The van der Waals surface area contributed by atoms with Crippen molar-refractivity contribution in [1.82, 2.24) is 4.31 Å². The van der Waals surface area contributed by atoms with Crippen molar-refractivity contribution in [3.8, 4) is 0 Å². The Bertz CT molecular complexity index is 592. The standard InChI is InChI=1S/C14H21FN2O4S/c1-21-10-4-8-17(22(2,19)20)9-7-14(18)16-13-6-3-5-12(15)11-13/h3,5-6,11H,4,7-10H2,1-2H3,(H,16,18). The van der Waals surface area contributed by atoms with Crippen molar-refractivity contribution in [2.75, 3.05) is 38.4 Å². The predicted octanol–water partition coefficient (Wildman–Crippen LogP) is 1.45. The van der Waals surface area contributed by atoms with E-state index in [1.807, 2.05) is 0 Å². The number of rotatable bonds is 9. The van der Waals surface area contributed by atoms with Gasteiger partial charge >= 0.3 is 0 Å². The molecular formula is C14H21FN2O4S. The molecule has 0 aliphatic heterocycles. The third kappa shape index (κ3) is 6.97. The van der Waals surface area contributed by atoms with Crippen LogP contribution in [-0.4, -0.2) is 51.7 Å². The molecule has 0 aliphatic rings. The summed E-state index contributed by atoms with van der Waals surface area (Å²) < 4.78 is 42.4. The quantitative estimate of drug-likeness (QED) is 0.695. The molecule has 0 saturated heterocycles. The number of nitrogens with zero attached hydrogens (tertiary/aromatic N) is 1. The first kappa shape index (κ1) is 18.5. The number of halogens is 1. The fourth-order valence-corrected chi connectivity index (χ4v) is 2.73. The van der Waals surface area contributed by atoms with E-state index >= 15 is 0 Å². The molecule has 0 fully saturated rings. The molecule has 22 heavy (non-hydrogen) atoms. The summed E-state index contributed by atoms with van der Waals surface area (Å²) in [4.78, 5) is 11.8. The molecule has 8 heteroatoms. The summed E-state index contributed by atoms with van der Waals surface area (Å²) in [6.45, 7) is 0.811. The number of ether oxygens (including phenoxy) is 1. The number of anilines is 1. The molecule has 1 rings (SSSR count). The van der Waals surface area contributed by atoms with Crippen molar-refractivity contribution in [1.29, 1.82) is 0 Å². The molecule has 0 aromatic heterocycles. The first-order valence-electron chi connectivity index (χ1n) is 6.82. The molecular weight excluding hydrogens is 311 g/mol. The lowest BCUT2D eigenvalue weighted by molar-refractivity contribution is -0.116. The minimum atomic E-state index is -3.38. The largest absolute Gasteiger partial charge is 0.385 e. The van der Waals surface area contributed by atoms with Crippen LogP contribution in [0.4, 0.5) is 10.1 Å². The van der Waals surface area contributed by atoms with Crippen molar-refractivity contribution >= 4 is 21.6 Å². The van der Waals surface area contributed by atoms with Gasteiger partial charge in [-0.25, -0.2) is 17.1 Å². The Morgan fingerprint density at radius 3 is 2.68 bits per heavy atom. The molecule has 0 spiro atoms. The number of sulfonamides is 1. The van der Waals surface area contributed by atoms with Crippen LogP contribution in [-0.2, 0) is 19.6 Å². The Labute approximate surface area is 130 Å². The summed E-state index contributed by atoms with van der Waals surface area (Å²) in [6, 6.07) is 5.52. The number of carbonyl (C=O) groups excluding carboxylic acids is 1. The molecule has 0 bridgehead atoms. The maximum Gasteiger partial charge on any atom is 0.225 e. The molecule has 1 aromatic rings. The molecule has 1 aromatic carbocycles. The molecule has 0 unspecified atom stereocenters. The lowest BCUT2D eigenvalue weighted by Gasteiger charge is -2.19. The van der Waals surface area contributed by atoms with Crippen molar-refractivity contribution in [2.45, 2.75) is 12.8 Å². The van der Waals surface area contributed by atoms with Gasteiger partial charge < -0.3 is 10.1 Å². The molecule has 0 radical (unpaired) electrons. The first-order chi connectivity index (χ1) is 10.3. The zero-order valence-electron chi connectivity index (χ0n) is 12.7. The van der Waals surface area contributed by atoms with Gasteiger partial charge in [-0.2, -0.15) is 0 Å². The van der Waals surface area contributed by atoms with Gasteiger partial charge in [0.2, 0.25) is 15.9 Å². The van der Waals surface area contributed by atoms with Crippen molar-refractivity contribution in [2.24, 2.45) is 0 Å². The maximum absolute atomic E-state index is 13.0. The van der Waals surface area contributed by atoms with Crippen LogP contribution in [0.25, 0.3) is 0 Å². The SMILES string of the molecule is COCCCN(CCC(=O)Nc1cccc(F)c1)S(C)(=O)=O. The van der Waals surface area contributed by atoms with Gasteiger partial charge in [-0.15, -0.1) is 0 Å². The summed E-state index contributed by atoms with van der Waals surface area (Å²) in [7, 11) is -1.84. The fraction of sp³-hybridized carbons (Fsp3) is 0.500. The van der Waals surface area contributed by atoms with Crippen molar-refractivity contribution in [3.05, 3.63) is 30.1 Å². The lowest BCUT2D eigenvalue weighted by atomic mass is 10.3. The van der Waals surface area contributed by atoms with Gasteiger partial charge in [0.25, 0.3) is 0 Å². The monoisotopic (exact) mass is 332 g/mol. The van der Waals surface area contributed by atoms with Gasteiger partial charge in [0.15, 0.2) is 0 Å². The number of amides is 1. The Balaban J connectivity index is 2.51. The van der Waals surface area contributed by atoms with E-state index in [-0.39, 0.29) is 18.9 Å². The Kier molecular flexibility index (Phi) is 7.43. The molecule has 124 valence electrons. The number of hydrogen-bond acceptors (Lipinski definition) is 4. The van der Waals surface area contributed by atoms with Crippen LogP contribution in [0.5, 0.6) is 0 Å². The fourth-order valence-electron chi connectivity index (χ4n) is 1.84. The molecule has 1 N–H and O–H groups in total. The van der Waals surface area contributed by atoms with E-state index in [2.05, 4.69) is 5.32 Å². The molecule has 0 aliphatic carbocycles. The van der Waals surface area contributed by atoms with E-state index in [9.17, 15) is 17.6 Å². The minimum Gasteiger partial charge on any atom is -0.385 e. The molecule has 0 atom stereocenters. The van der Waals surface area contributed by atoms with E-state index in [0.717, 1.165) is 6.26 Å². The van der Waals surface area contributed by atoms with Gasteiger partial charge in [-0.1, -0.05) is 6.07 Å². The zero-order chi connectivity index (χ0) is 16.6. The number of carbonyl (C=O) groups is 1. The van der Waals surface area contributed by atoms with Crippen molar-refractivity contribution < 1.29 is 22.3 Å². The van der Waals surface area contributed by atoms with Gasteiger partial charge in [0.05, 0.1) is 6.26 Å². The van der Waals surface area contributed by atoms with E-state index in [1.165, 1.54) is 29.6 Å².